The monoisotopic (exact) mass is 487 g/mol. The Labute approximate surface area is 205 Å². The van der Waals surface area contributed by atoms with Crippen LogP contribution in [0, 0.1) is 5.82 Å². The van der Waals surface area contributed by atoms with E-state index in [2.05, 4.69) is 0 Å². The quantitative estimate of drug-likeness (QED) is 0.345. The number of carbonyl (C=O) groups is 2. The van der Waals surface area contributed by atoms with E-state index in [-0.39, 0.29) is 28.9 Å². The second-order valence-electron chi connectivity index (χ2n) is 8.17. The molecule has 0 spiro atoms. The number of carbonyl (C=O) groups excluding carboxylic acids is 2. The van der Waals surface area contributed by atoms with Gasteiger partial charge in [-0.1, -0.05) is 12.1 Å². The molecule has 0 N–H and O–H groups in total. The molecule has 36 heavy (non-hydrogen) atoms. The standard InChI is InChI=1S/C28H22FNO6/c1-3-34-20-7-5-6-17(14-20)24-23-25(31)21-15-18(29)10-13-22(21)36-26(23)27(32)30(24)19-11-8-16(9-12-19)28(33)35-4-2/h5-15,24H,3-4H2,1-2H3. The van der Waals surface area contributed by atoms with Crippen LogP contribution >= 0.6 is 0 Å². The van der Waals surface area contributed by atoms with Crippen LogP contribution in [0.1, 0.15) is 51.9 Å². The van der Waals surface area contributed by atoms with E-state index < -0.39 is 29.2 Å². The topological polar surface area (TPSA) is 86.0 Å². The lowest BCUT2D eigenvalue weighted by molar-refractivity contribution is 0.0526. The Balaban J connectivity index is 1.71. The van der Waals surface area contributed by atoms with Crippen LogP contribution in [0.5, 0.6) is 5.75 Å². The maximum Gasteiger partial charge on any atom is 0.338 e. The lowest BCUT2D eigenvalue weighted by atomic mass is 9.98. The Morgan fingerprint density at radius 1 is 1.00 bits per heavy atom. The molecule has 2 heterocycles. The number of rotatable bonds is 6. The predicted molar refractivity (Wildman–Crippen MR) is 131 cm³/mol. The maximum absolute atomic E-state index is 14.0. The molecule has 182 valence electrons. The number of esters is 1. The van der Waals surface area contributed by atoms with Crippen LogP contribution in [0.15, 0.2) is 75.9 Å². The van der Waals surface area contributed by atoms with Gasteiger partial charge in [-0.2, -0.15) is 0 Å². The van der Waals surface area contributed by atoms with Crippen molar-refractivity contribution in [1.82, 2.24) is 0 Å². The highest BCUT2D eigenvalue weighted by Crippen LogP contribution is 2.42. The summed E-state index contributed by atoms with van der Waals surface area (Å²) in [4.78, 5) is 40.8. The van der Waals surface area contributed by atoms with Gasteiger partial charge in [0.25, 0.3) is 5.91 Å². The van der Waals surface area contributed by atoms with Gasteiger partial charge >= 0.3 is 5.97 Å². The van der Waals surface area contributed by atoms with Gasteiger partial charge in [0.15, 0.2) is 5.43 Å². The zero-order valence-corrected chi connectivity index (χ0v) is 19.6. The third-order valence-electron chi connectivity index (χ3n) is 5.97. The Morgan fingerprint density at radius 2 is 1.78 bits per heavy atom. The first-order valence-electron chi connectivity index (χ1n) is 11.5. The molecule has 0 fully saturated rings. The molecule has 8 heteroatoms. The van der Waals surface area contributed by atoms with Gasteiger partial charge in [0.1, 0.15) is 17.1 Å². The van der Waals surface area contributed by atoms with Crippen molar-refractivity contribution in [3.8, 4) is 5.75 Å². The Hall–Kier alpha value is -4.46. The van der Waals surface area contributed by atoms with E-state index in [1.54, 1.807) is 55.5 Å². The maximum atomic E-state index is 14.0. The summed E-state index contributed by atoms with van der Waals surface area (Å²) in [5.74, 6) is -1.12. The highest BCUT2D eigenvalue weighted by Gasteiger charge is 2.43. The molecule has 0 saturated heterocycles. The SMILES string of the molecule is CCOC(=O)c1ccc(N2C(=O)c3oc4ccc(F)cc4c(=O)c3C2c2cccc(OCC)c2)cc1. The summed E-state index contributed by atoms with van der Waals surface area (Å²) in [5.41, 5.74) is 1.13. The van der Waals surface area contributed by atoms with E-state index in [0.717, 1.165) is 6.07 Å². The van der Waals surface area contributed by atoms with Gasteiger partial charge in [-0.15, -0.1) is 0 Å². The van der Waals surface area contributed by atoms with Crippen LogP contribution < -0.4 is 15.1 Å². The van der Waals surface area contributed by atoms with E-state index in [1.807, 2.05) is 6.92 Å². The molecular formula is C28H22FNO6. The third kappa shape index (κ3) is 3.90. The average molecular weight is 487 g/mol. The van der Waals surface area contributed by atoms with Crippen LogP contribution in [0.2, 0.25) is 0 Å². The lowest BCUT2D eigenvalue weighted by Gasteiger charge is -2.25. The van der Waals surface area contributed by atoms with Crippen LogP contribution in [-0.2, 0) is 4.74 Å². The van der Waals surface area contributed by atoms with E-state index >= 15 is 0 Å². The average Bonchev–Trinajstić information content (AvgIpc) is 3.17. The van der Waals surface area contributed by atoms with Gasteiger partial charge in [-0.05, 0) is 74.0 Å². The first-order valence-corrected chi connectivity index (χ1v) is 11.5. The number of ether oxygens (including phenoxy) is 2. The first kappa shape index (κ1) is 23.3. The van der Waals surface area contributed by atoms with Crippen molar-refractivity contribution < 1.29 is 27.9 Å². The number of hydrogen-bond donors (Lipinski definition) is 0. The smallest absolute Gasteiger partial charge is 0.338 e. The first-order chi connectivity index (χ1) is 17.4. The predicted octanol–water partition coefficient (Wildman–Crippen LogP) is 5.26. The Kier molecular flexibility index (Phi) is 6.01. The van der Waals surface area contributed by atoms with Crippen molar-refractivity contribution in [3.05, 3.63) is 105 Å². The summed E-state index contributed by atoms with van der Waals surface area (Å²) in [6, 6.07) is 16.2. The fourth-order valence-electron chi connectivity index (χ4n) is 4.44. The van der Waals surface area contributed by atoms with E-state index in [1.165, 1.54) is 17.0 Å². The molecule has 1 aliphatic rings. The number of hydrogen-bond acceptors (Lipinski definition) is 6. The van der Waals surface area contributed by atoms with Crippen molar-refractivity contribution >= 4 is 28.5 Å². The van der Waals surface area contributed by atoms with E-state index in [9.17, 15) is 18.8 Å². The van der Waals surface area contributed by atoms with Gasteiger partial charge < -0.3 is 13.9 Å². The number of anilines is 1. The summed E-state index contributed by atoms with van der Waals surface area (Å²) in [6.45, 7) is 4.25. The zero-order valence-electron chi connectivity index (χ0n) is 19.6. The highest BCUT2D eigenvalue weighted by atomic mass is 19.1. The van der Waals surface area contributed by atoms with Crippen molar-refractivity contribution in [2.45, 2.75) is 19.9 Å². The van der Waals surface area contributed by atoms with Crippen molar-refractivity contribution in [2.75, 3.05) is 18.1 Å². The number of nitrogens with zero attached hydrogens (tertiary/aromatic N) is 1. The molecule has 1 atom stereocenters. The molecule has 1 aromatic heterocycles. The lowest BCUT2D eigenvalue weighted by Crippen LogP contribution is -2.29. The van der Waals surface area contributed by atoms with Crippen molar-refractivity contribution in [3.63, 3.8) is 0 Å². The number of benzene rings is 3. The van der Waals surface area contributed by atoms with Crippen molar-refractivity contribution in [2.24, 2.45) is 0 Å². The molecular weight excluding hydrogens is 465 g/mol. The summed E-state index contributed by atoms with van der Waals surface area (Å²) < 4.78 is 30.5. The van der Waals surface area contributed by atoms with E-state index in [0.29, 0.717) is 29.2 Å². The summed E-state index contributed by atoms with van der Waals surface area (Å²) >= 11 is 0. The number of amides is 1. The summed E-state index contributed by atoms with van der Waals surface area (Å²) in [6.07, 6.45) is 0. The molecule has 7 nitrogen and oxygen atoms in total. The van der Waals surface area contributed by atoms with Gasteiger partial charge in [0, 0.05) is 5.69 Å². The molecule has 4 aromatic rings. The highest BCUT2D eigenvalue weighted by molar-refractivity contribution is 6.10. The molecule has 3 aromatic carbocycles. The minimum Gasteiger partial charge on any atom is -0.494 e. The fraction of sp³-hybridized carbons (Fsp3) is 0.179. The summed E-state index contributed by atoms with van der Waals surface area (Å²) in [7, 11) is 0. The molecule has 0 radical (unpaired) electrons. The molecule has 0 aliphatic carbocycles. The van der Waals surface area contributed by atoms with Crippen LogP contribution in [-0.4, -0.2) is 25.1 Å². The van der Waals surface area contributed by atoms with Crippen LogP contribution in [0.3, 0.4) is 0 Å². The van der Waals surface area contributed by atoms with Gasteiger partial charge in [0.05, 0.1) is 35.8 Å². The molecule has 1 unspecified atom stereocenters. The second-order valence-corrected chi connectivity index (χ2v) is 8.17. The molecule has 0 bridgehead atoms. The van der Waals surface area contributed by atoms with Gasteiger partial charge in [-0.3, -0.25) is 14.5 Å². The van der Waals surface area contributed by atoms with Gasteiger partial charge in [0.2, 0.25) is 5.76 Å². The van der Waals surface area contributed by atoms with Crippen LogP contribution in [0.4, 0.5) is 10.1 Å². The largest absolute Gasteiger partial charge is 0.494 e. The minimum atomic E-state index is -0.856. The molecule has 5 rings (SSSR count). The third-order valence-corrected chi connectivity index (χ3v) is 5.97. The Bertz CT molecular complexity index is 1540. The normalized spacial score (nSPS) is 14.7. The van der Waals surface area contributed by atoms with E-state index in [4.69, 9.17) is 13.9 Å². The van der Waals surface area contributed by atoms with Crippen LogP contribution in [0.25, 0.3) is 11.0 Å². The molecule has 1 amide bonds. The number of halogens is 1. The summed E-state index contributed by atoms with van der Waals surface area (Å²) in [5, 5.41) is 0.0482. The van der Waals surface area contributed by atoms with Gasteiger partial charge in [-0.25, -0.2) is 9.18 Å². The Morgan fingerprint density at radius 3 is 2.50 bits per heavy atom. The van der Waals surface area contributed by atoms with Crippen molar-refractivity contribution in [1.29, 1.82) is 0 Å². The zero-order chi connectivity index (χ0) is 25.4. The number of fused-ring (bicyclic) bond motifs is 2. The minimum absolute atomic E-state index is 0.0482. The molecule has 1 aliphatic heterocycles. The second kappa shape index (κ2) is 9.30. The fourth-order valence-corrected chi connectivity index (χ4v) is 4.44. The molecule has 0 saturated carbocycles.